The molecule has 2 heterocycles. The number of hydrogen-bond donors (Lipinski definition) is 5. The van der Waals surface area contributed by atoms with E-state index in [-0.39, 0.29) is 12.0 Å². The number of aliphatic hydroxyl groups is 1. The lowest BCUT2D eigenvalue weighted by Crippen LogP contribution is -2.39. The maximum Gasteiger partial charge on any atom is 0.455 e. The van der Waals surface area contributed by atoms with Crippen LogP contribution in [-0.2, 0) is 23.5 Å². The van der Waals surface area contributed by atoms with Gasteiger partial charge in [-0.1, -0.05) is 5.11 Å². The molecule has 1 aromatic rings. The van der Waals surface area contributed by atoms with Gasteiger partial charge in [-0.05, 0) is 12.5 Å². The van der Waals surface area contributed by atoms with Crippen LogP contribution >= 0.6 is 7.75 Å². The first-order valence-electron chi connectivity index (χ1n) is 8.40. The van der Waals surface area contributed by atoms with Crippen molar-refractivity contribution in [2.75, 3.05) is 13.2 Å². The van der Waals surface area contributed by atoms with E-state index >= 15 is 0 Å². The summed E-state index contributed by atoms with van der Waals surface area (Å²) in [7, 11) is -4.48. The summed E-state index contributed by atoms with van der Waals surface area (Å²) in [6, 6.07) is -0.861. The molecule has 0 aliphatic carbocycles. The lowest BCUT2D eigenvalue weighted by molar-refractivity contribution is -0.139. The second-order valence-electron chi connectivity index (χ2n) is 6.27. The van der Waals surface area contributed by atoms with Crippen molar-refractivity contribution in [3.05, 3.63) is 43.0 Å². The van der Waals surface area contributed by atoms with Gasteiger partial charge < -0.3 is 19.3 Å². The molecule has 1 aromatic heterocycles. The number of carbonyl (C=O) groups is 1. The van der Waals surface area contributed by atoms with Crippen LogP contribution in [0.15, 0.2) is 20.9 Å². The third-order valence-corrected chi connectivity index (χ3v) is 4.44. The number of ether oxygens (including phenoxy) is 1. The van der Waals surface area contributed by atoms with E-state index in [2.05, 4.69) is 30.5 Å². The van der Waals surface area contributed by atoms with E-state index in [0.717, 1.165) is 4.57 Å². The quantitative estimate of drug-likeness (QED) is 0.0709. The number of aromatic nitrogens is 2. The predicted octanol–water partition coefficient (Wildman–Crippen LogP) is -1.70. The average molecular weight is 449 g/mol. The van der Waals surface area contributed by atoms with Gasteiger partial charge in [-0.25, -0.2) is 14.9 Å². The molecule has 1 aliphatic rings. The molecule has 0 bridgehead atoms. The summed E-state index contributed by atoms with van der Waals surface area (Å²) < 4.78 is 21.5. The van der Waals surface area contributed by atoms with Crippen molar-refractivity contribution in [3.8, 4) is 0 Å². The van der Waals surface area contributed by atoms with Crippen LogP contribution in [0.2, 0.25) is 0 Å². The number of nitrogens with one attached hydrogen (secondary N) is 2. The first kappa shape index (κ1) is 23.7. The van der Waals surface area contributed by atoms with E-state index in [9.17, 15) is 24.1 Å². The monoisotopic (exact) mass is 449 g/mol. The van der Waals surface area contributed by atoms with E-state index in [1.165, 1.54) is 13.1 Å². The second-order valence-corrected chi connectivity index (χ2v) is 7.58. The molecular formula is C13H20N7O9P. The number of rotatable bonds is 9. The number of nitrogens with zero attached hydrogens (tertiary/aromatic N) is 4. The first-order valence-corrected chi connectivity index (χ1v) is 10.0. The predicted molar refractivity (Wildman–Crippen MR) is 97.6 cm³/mol. The lowest BCUT2D eigenvalue weighted by Gasteiger charge is -2.21. The Hall–Kier alpha value is -2.55. The summed E-state index contributed by atoms with van der Waals surface area (Å²) in [6.45, 7) is 0.404. The Balaban J connectivity index is 1.98. The van der Waals surface area contributed by atoms with Crippen LogP contribution in [0.3, 0.4) is 0 Å². The number of H-pyrrole nitrogens is 1. The molecule has 5 atom stereocenters. The molecule has 17 heteroatoms. The van der Waals surface area contributed by atoms with Crippen molar-refractivity contribution in [3.63, 3.8) is 0 Å². The fraction of sp³-hybridized carbons (Fsp3) is 0.615. The number of carbonyl (C=O) groups excluding carboxylic acids is 1. The molecule has 1 saturated heterocycles. The lowest BCUT2D eigenvalue weighted by atomic mass is 10.1. The number of aliphatic hydroxyl groups excluding tert-OH is 1. The fourth-order valence-corrected chi connectivity index (χ4v) is 3.06. The van der Waals surface area contributed by atoms with Gasteiger partial charge in [0, 0.05) is 23.1 Å². The average Bonchev–Trinajstić information content (AvgIpc) is 3.04. The molecule has 2 unspecified atom stereocenters. The van der Waals surface area contributed by atoms with Gasteiger partial charge in [0.2, 0.25) is 0 Å². The third-order valence-electron chi connectivity index (χ3n) is 3.98. The van der Waals surface area contributed by atoms with E-state index in [1.54, 1.807) is 0 Å². The van der Waals surface area contributed by atoms with Gasteiger partial charge >= 0.3 is 19.4 Å². The van der Waals surface area contributed by atoms with Crippen LogP contribution in [0.4, 0.5) is 0 Å². The van der Waals surface area contributed by atoms with Gasteiger partial charge in [0.25, 0.3) is 5.56 Å². The smallest absolute Gasteiger partial charge is 0.388 e. The highest BCUT2D eigenvalue weighted by Gasteiger charge is 2.40. The Morgan fingerprint density at radius 2 is 2.33 bits per heavy atom. The SMILES string of the molecule is Cc1cn([C@H]2C[C@H](N=[N+]=[N-])[C@@H](C(O)CONCC(=O)OP(N)(=O)O)O2)c(=O)[nH]c1=O. The number of aryl methyl sites for hydroxylation is 1. The molecule has 16 nitrogen and oxygen atoms in total. The van der Waals surface area contributed by atoms with Crippen LogP contribution in [-0.4, -0.2) is 56.9 Å². The Morgan fingerprint density at radius 1 is 1.63 bits per heavy atom. The number of aromatic amines is 1. The van der Waals surface area contributed by atoms with Crippen molar-refractivity contribution < 1.29 is 33.5 Å². The van der Waals surface area contributed by atoms with Crippen molar-refractivity contribution in [2.24, 2.45) is 10.6 Å². The van der Waals surface area contributed by atoms with Gasteiger partial charge in [0.15, 0.2) is 0 Å². The summed E-state index contributed by atoms with van der Waals surface area (Å²) in [5.74, 6) is -1.17. The Bertz CT molecular complexity index is 982. The molecule has 6 N–H and O–H groups in total. The minimum atomic E-state index is -4.48. The van der Waals surface area contributed by atoms with Crippen LogP contribution in [0.5, 0.6) is 0 Å². The standard InChI is InChI=1S/C13H20N7O9P/c1-6-4-20(13(24)17-12(6)23)9-2-7(18-19-14)11(28-9)8(21)5-27-16-3-10(22)29-30(15,25)26/h4,7-9,11,16,21H,2-3,5H2,1H3,(H3,15,25,26)(H,17,23,24)/t7-,8?,9+,11-/m0/s1. The Morgan fingerprint density at radius 3 is 2.97 bits per heavy atom. The van der Waals surface area contributed by atoms with Crippen LogP contribution in [0, 0.1) is 6.92 Å². The minimum Gasteiger partial charge on any atom is -0.388 e. The molecule has 0 radical (unpaired) electrons. The molecule has 0 aromatic carbocycles. The Kier molecular flexibility index (Phi) is 7.89. The number of hydrogen-bond acceptors (Lipinski definition) is 10. The van der Waals surface area contributed by atoms with Crippen molar-refractivity contribution in [1.82, 2.24) is 15.0 Å². The van der Waals surface area contributed by atoms with Crippen LogP contribution in [0.25, 0.3) is 10.4 Å². The highest BCUT2D eigenvalue weighted by molar-refractivity contribution is 7.50. The molecular weight excluding hydrogens is 429 g/mol. The van der Waals surface area contributed by atoms with Gasteiger partial charge in [-0.3, -0.25) is 24.0 Å². The van der Waals surface area contributed by atoms with Crippen molar-refractivity contribution >= 4 is 13.7 Å². The first-order chi connectivity index (χ1) is 14.0. The van der Waals surface area contributed by atoms with Crippen molar-refractivity contribution in [1.29, 1.82) is 0 Å². The van der Waals surface area contributed by atoms with E-state index in [4.69, 9.17) is 20.0 Å². The van der Waals surface area contributed by atoms with Gasteiger partial charge in [-0.2, -0.15) is 5.48 Å². The molecule has 0 saturated carbocycles. The molecule has 0 spiro atoms. The molecule has 1 aliphatic heterocycles. The van der Waals surface area contributed by atoms with E-state index in [1.807, 2.05) is 0 Å². The van der Waals surface area contributed by atoms with E-state index < -0.39 is 62.6 Å². The summed E-state index contributed by atoms with van der Waals surface area (Å²) in [5, 5.41) is 13.8. The van der Waals surface area contributed by atoms with Crippen LogP contribution < -0.4 is 22.2 Å². The largest absolute Gasteiger partial charge is 0.455 e. The van der Waals surface area contributed by atoms with Gasteiger partial charge in [0.1, 0.15) is 18.9 Å². The Labute approximate surface area is 167 Å². The van der Waals surface area contributed by atoms with Crippen molar-refractivity contribution in [2.45, 2.75) is 37.8 Å². The molecule has 1 fully saturated rings. The maximum atomic E-state index is 12.0. The molecule has 2 rings (SSSR count). The topological polar surface area (TPSA) is 244 Å². The van der Waals surface area contributed by atoms with Crippen LogP contribution in [0.1, 0.15) is 18.2 Å². The summed E-state index contributed by atoms with van der Waals surface area (Å²) in [6.07, 6.45) is -2.02. The highest BCUT2D eigenvalue weighted by Crippen LogP contribution is 2.32. The number of nitrogens with two attached hydrogens (primary N) is 1. The second kappa shape index (κ2) is 9.97. The maximum absolute atomic E-state index is 12.0. The van der Waals surface area contributed by atoms with Gasteiger partial charge in [-0.15, -0.1) is 0 Å². The zero-order valence-electron chi connectivity index (χ0n) is 15.6. The van der Waals surface area contributed by atoms with E-state index in [0.29, 0.717) is 0 Å². The zero-order chi connectivity index (χ0) is 22.5. The zero-order valence-corrected chi connectivity index (χ0v) is 16.5. The number of hydroxylamine groups is 1. The number of azide groups is 1. The van der Waals surface area contributed by atoms with Gasteiger partial charge in [0.05, 0.1) is 18.8 Å². The summed E-state index contributed by atoms with van der Waals surface area (Å²) in [4.78, 5) is 53.1. The highest BCUT2D eigenvalue weighted by atomic mass is 31.2. The molecule has 0 amide bonds. The molecule has 166 valence electrons. The fourth-order valence-electron chi connectivity index (χ4n) is 2.70. The third kappa shape index (κ3) is 6.48. The summed E-state index contributed by atoms with van der Waals surface area (Å²) in [5.41, 5.74) is 14.5. The normalized spacial score (nSPS) is 23.9. The summed E-state index contributed by atoms with van der Waals surface area (Å²) >= 11 is 0. The minimum absolute atomic E-state index is 0.0409. The molecule has 30 heavy (non-hydrogen) atoms.